The number of hydrogen-bond acceptors (Lipinski definition) is 3. The molecule has 0 aromatic carbocycles. The maximum atomic E-state index is 12.8. The highest BCUT2D eigenvalue weighted by Crippen LogP contribution is 2.62. The van der Waals surface area contributed by atoms with Crippen LogP contribution in [0, 0.1) is 23.2 Å². The molecule has 0 aromatic rings. The Bertz CT molecular complexity index is 380. The van der Waals surface area contributed by atoms with Gasteiger partial charge in [0.15, 0.2) is 0 Å². The van der Waals surface area contributed by atoms with Gasteiger partial charge in [-0.1, -0.05) is 0 Å². The van der Waals surface area contributed by atoms with Crippen LogP contribution in [0.25, 0.3) is 0 Å². The molecule has 4 fully saturated rings. The molecule has 0 saturated heterocycles. The van der Waals surface area contributed by atoms with Crippen LogP contribution in [0.1, 0.15) is 59.3 Å². The van der Waals surface area contributed by atoms with Crippen molar-refractivity contribution in [1.82, 2.24) is 5.09 Å². The van der Waals surface area contributed by atoms with E-state index in [-0.39, 0.29) is 6.04 Å². The molecule has 0 spiro atoms. The highest BCUT2D eigenvalue weighted by Gasteiger charge is 2.54. The van der Waals surface area contributed by atoms with E-state index in [9.17, 15) is 4.57 Å². The van der Waals surface area contributed by atoms with Gasteiger partial charge in [-0.25, -0.2) is 9.65 Å². The second kappa shape index (κ2) is 5.96. The highest BCUT2D eigenvalue weighted by atomic mass is 31.2. The summed E-state index contributed by atoms with van der Waals surface area (Å²) in [6.07, 6.45) is 8.18. The summed E-state index contributed by atoms with van der Waals surface area (Å²) in [5, 5.41) is 3.26. The van der Waals surface area contributed by atoms with Gasteiger partial charge in [0, 0.05) is 6.04 Å². The van der Waals surface area contributed by atoms with Crippen molar-refractivity contribution in [3.05, 3.63) is 0 Å². The van der Waals surface area contributed by atoms with Gasteiger partial charge in [0.1, 0.15) is 0 Å². The summed E-state index contributed by atoms with van der Waals surface area (Å²) < 4.78 is 23.6. The van der Waals surface area contributed by atoms with Crippen LogP contribution in [0.15, 0.2) is 0 Å². The van der Waals surface area contributed by atoms with Crippen LogP contribution in [0.2, 0.25) is 0 Å². The van der Waals surface area contributed by atoms with Crippen molar-refractivity contribution in [3.8, 4) is 0 Å². The van der Waals surface area contributed by atoms with E-state index in [0.717, 1.165) is 17.8 Å². The Kier molecular flexibility index (Phi) is 4.53. The molecule has 21 heavy (non-hydrogen) atoms. The average Bonchev–Trinajstić information content (AvgIpc) is 2.37. The van der Waals surface area contributed by atoms with Gasteiger partial charge in [-0.3, -0.25) is 9.05 Å². The molecule has 122 valence electrons. The van der Waals surface area contributed by atoms with E-state index in [4.69, 9.17) is 9.05 Å². The largest absolute Gasteiger partial charge is 0.405 e. The van der Waals surface area contributed by atoms with Gasteiger partial charge in [0.05, 0.1) is 13.2 Å². The molecule has 0 radical (unpaired) electrons. The second-order valence-electron chi connectivity index (χ2n) is 7.46. The van der Waals surface area contributed by atoms with Gasteiger partial charge in [-0.2, -0.15) is 0 Å². The van der Waals surface area contributed by atoms with Crippen molar-refractivity contribution in [2.24, 2.45) is 23.2 Å². The monoisotopic (exact) mass is 315 g/mol. The molecule has 5 heteroatoms. The molecule has 0 aliphatic heterocycles. The third kappa shape index (κ3) is 3.10. The lowest BCUT2D eigenvalue weighted by molar-refractivity contribution is -0.0680. The lowest BCUT2D eigenvalue weighted by atomic mass is 9.48. The first-order valence-corrected chi connectivity index (χ1v) is 10.2. The highest BCUT2D eigenvalue weighted by molar-refractivity contribution is 7.51. The molecular formula is C16H30NO3P. The zero-order valence-electron chi connectivity index (χ0n) is 13.6. The van der Waals surface area contributed by atoms with Crippen molar-refractivity contribution >= 4 is 7.75 Å². The maximum Gasteiger partial charge on any atom is 0.405 e. The Morgan fingerprint density at radius 1 is 1.05 bits per heavy atom. The SMILES string of the molecule is CCOP(=O)(NC(C)C12CC3CC(CC(C3)C1)C2)OCC. The second-order valence-corrected chi connectivity index (χ2v) is 9.23. The molecule has 4 aliphatic carbocycles. The van der Waals surface area contributed by atoms with Gasteiger partial charge in [0.2, 0.25) is 0 Å². The number of nitrogens with one attached hydrogen (secondary N) is 1. The van der Waals surface area contributed by atoms with E-state index in [1.807, 2.05) is 13.8 Å². The zero-order chi connectivity index (χ0) is 15.1. The molecule has 4 rings (SSSR count). The zero-order valence-corrected chi connectivity index (χ0v) is 14.5. The molecule has 1 unspecified atom stereocenters. The van der Waals surface area contributed by atoms with Crippen LogP contribution in [0.3, 0.4) is 0 Å². The van der Waals surface area contributed by atoms with Crippen LogP contribution >= 0.6 is 7.75 Å². The summed E-state index contributed by atoms with van der Waals surface area (Å²) in [6.45, 7) is 6.75. The maximum absolute atomic E-state index is 12.8. The van der Waals surface area contributed by atoms with Crippen molar-refractivity contribution in [1.29, 1.82) is 0 Å². The molecule has 4 bridgehead atoms. The van der Waals surface area contributed by atoms with E-state index in [1.54, 1.807) is 0 Å². The summed E-state index contributed by atoms with van der Waals surface area (Å²) in [6, 6.07) is 0.204. The molecule has 1 atom stereocenters. The lowest BCUT2D eigenvalue weighted by Crippen LogP contribution is -2.54. The fourth-order valence-corrected chi connectivity index (χ4v) is 7.19. The first-order valence-electron chi connectivity index (χ1n) is 8.65. The predicted molar refractivity (Wildman–Crippen MR) is 84.1 cm³/mol. The predicted octanol–water partition coefficient (Wildman–Crippen LogP) is 4.36. The van der Waals surface area contributed by atoms with Gasteiger partial charge in [-0.05, 0) is 82.5 Å². The van der Waals surface area contributed by atoms with Crippen molar-refractivity contribution in [2.45, 2.75) is 65.3 Å². The van der Waals surface area contributed by atoms with Crippen LogP contribution < -0.4 is 5.09 Å². The summed E-state index contributed by atoms with van der Waals surface area (Å²) in [5.41, 5.74) is 0.318. The third-order valence-corrected chi connectivity index (χ3v) is 7.85. The summed E-state index contributed by atoms with van der Waals surface area (Å²) in [7, 11) is -3.15. The normalized spacial score (nSPS) is 39.7. The number of hydrogen-bond donors (Lipinski definition) is 1. The lowest BCUT2D eigenvalue weighted by Gasteiger charge is -2.59. The molecule has 4 saturated carbocycles. The summed E-state index contributed by atoms with van der Waals surface area (Å²) >= 11 is 0. The van der Waals surface area contributed by atoms with Crippen molar-refractivity contribution in [2.75, 3.05) is 13.2 Å². The van der Waals surface area contributed by atoms with E-state index in [1.165, 1.54) is 38.5 Å². The first-order chi connectivity index (χ1) is 9.98. The molecule has 4 aliphatic rings. The average molecular weight is 315 g/mol. The van der Waals surface area contributed by atoms with Gasteiger partial charge < -0.3 is 0 Å². The van der Waals surface area contributed by atoms with Crippen molar-refractivity contribution < 1.29 is 13.6 Å². The van der Waals surface area contributed by atoms with Crippen molar-refractivity contribution in [3.63, 3.8) is 0 Å². The molecule has 0 heterocycles. The minimum atomic E-state index is -3.15. The Hall–Kier alpha value is 0.110. The van der Waals surface area contributed by atoms with Crippen LogP contribution in [-0.2, 0) is 13.6 Å². The van der Waals surface area contributed by atoms with E-state index >= 15 is 0 Å². The fourth-order valence-electron chi connectivity index (χ4n) is 5.53. The molecule has 0 aromatic heterocycles. The van der Waals surface area contributed by atoms with E-state index in [2.05, 4.69) is 12.0 Å². The van der Waals surface area contributed by atoms with E-state index < -0.39 is 7.75 Å². The standard InChI is InChI=1S/C16H30NO3P/c1-4-19-21(18,20-5-2)17-12(3)16-9-13-6-14(10-16)8-15(7-13)11-16/h12-15H,4-11H2,1-3H3,(H,17,18). The summed E-state index contributed by atoms with van der Waals surface area (Å²) in [5.74, 6) is 2.71. The molecular weight excluding hydrogens is 285 g/mol. The van der Waals surface area contributed by atoms with Crippen LogP contribution in [0.5, 0.6) is 0 Å². The van der Waals surface area contributed by atoms with Gasteiger partial charge in [0.25, 0.3) is 0 Å². The minimum Gasteiger partial charge on any atom is -0.297 e. The molecule has 1 N–H and O–H groups in total. The number of rotatable bonds is 7. The Morgan fingerprint density at radius 2 is 1.48 bits per heavy atom. The minimum absolute atomic E-state index is 0.204. The van der Waals surface area contributed by atoms with Gasteiger partial charge in [-0.15, -0.1) is 0 Å². The van der Waals surface area contributed by atoms with Gasteiger partial charge >= 0.3 is 7.75 Å². The molecule has 4 nitrogen and oxygen atoms in total. The van der Waals surface area contributed by atoms with Crippen LogP contribution in [-0.4, -0.2) is 19.3 Å². The summed E-state index contributed by atoms with van der Waals surface area (Å²) in [4.78, 5) is 0. The quantitative estimate of drug-likeness (QED) is 0.709. The Morgan fingerprint density at radius 3 is 1.86 bits per heavy atom. The first kappa shape index (κ1) is 16.0. The molecule has 0 amide bonds. The fraction of sp³-hybridized carbons (Fsp3) is 1.00. The third-order valence-electron chi connectivity index (χ3n) is 5.95. The Labute approximate surface area is 128 Å². The topological polar surface area (TPSA) is 47.6 Å². The smallest absolute Gasteiger partial charge is 0.297 e. The van der Waals surface area contributed by atoms with Crippen LogP contribution in [0.4, 0.5) is 0 Å². The van der Waals surface area contributed by atoms with E-state index in [0.29, 0.717) is 18.6 Å². The Balaban J connectivity index is 1.72.